The number of rotatable bonds is 9. The van der Waals surface area contributed by atoms with Gasteiger partial charge in [-0.3, -0.25) is 4.79 Å². The summed E-state index contributed by atoms with van der Waals surface area (Å²) in [4.78, 5) is 15.9. The van der Waals surface area contributed by atoms with E-state index in [9.17, 15) is 13.2 Å². The van der Waals surface area contributed by atoms with E-state index in [1.54, 1.807) is 26.5 Å². The predicted molar refractivity (Wildman–Crippen MR) is 159 cm³/mol. The van der Waals surface area contributed by atoms with Crippen LogP contribution in [0.2, 0.25) is 0 Å². The minimum absolute atomic E-state index is 0.0445. The second-order valence-electron chi connectivity index (χ2n) is 10.1. The van der Waals surface area contributed by atoms with Crippen molar-refractivity contribution in [3.8, 4) is 17.6 Å². The van der Waals surface area contributed by atoms with Crippen molar-refractivity contribution in [1.82, 2.24) is 19.4 Å². The highest BCUT2D eigenvalue weighted by Crippen LogP contribution is 2.28. The van der Waals surface area contributed by atoms with Crippen LogP contribution in [0.4, 0.5) is 15.9 Å². The Balaban J connectivity index is 1.49. The van der Waals surface area contributed by atoms with Crippen LogP contribution in [0.3, 0.4) is 0 Å². The standard InChI is InChI=1S/C29H35FN6O4S/c1-6-21-23(9-8-15-31-25-13-12-20(41(5,38)39)17-27(25)40-4)33-36-26(21)10-7-11-28(36)32-24-14-16-35(18-22(24)30)29(37)19-34(2)3/h6-7,10-13,17,22,24,31-32H,1,14-16,18-19H2,2-5H3/t22-,24+/m0/s1. The quantitative estimate of drug-likeness (QED) is 0.371. The van der Waals surface area contributed by atoms with Crippen molar-refractivity contribution in [3.63, 3.8) is 0 Å². The first-order chi connectivity index (χ1) is 19.5. The molecule has 2 N–H and O–H groups in total. The molecule has 1 amide bonds. The van der Waals surface area contributed by atoms with Crippen molar-refractivity contribution in [2.75, 3.05) is 64.3 Å². The SMILES string of the molecule is C=Cc1c(C#CCNc2ccc(S(C)(=O)=O)cc2OC)nn2c(N[C@@H]3CCN(C(=O)CN(C)C)C[C@@H]3F)cccc12. The van der Waals surface area contributed by atoms with Gasteiger partial charge in [-0.25, -0.2) is 17.3 Å². The molecule has 0 aliphatic carbocycles. The van der Waals surface area contributed by atoms with Crippen LogP contribution in [0, 0.1) is 11.8 Å². The van der Waals surface area contributed by atoms with Crippen LogP contribution in [0.5, 0.6) is 5.75 Å². The van der Waals surface area contributed by atoms with Gasteiger partial charge < -0.3 is 25.2 Å². The number of alkyl halides is 1. The van der Waals surface area contributed by atoms with Gasteiger partial charge >= 0.3 is 0 Å². The minimum atomic E-state index is -3.36. The third-order valence-corrected chi connectivity index (χ3v) is 7.86. The second kappa shape index (κ2) is 12.6. The molecule has 0 unspecified atom stereocenters. The summed E-state index contributed by atoms with van der Waals surface area (Å²) in [6, 6.07) is 9.72. The molecular weight excluding hydrogens is 547 g/mol. The second-order valence-corrected chi connectivity index (χ2v) is 12.1. The molecule has 0 bridgehead atoms. The number of benzene rings is 1. The predicted octanol–water partition coefficient (Wildman–Crippen LogP) is 2.77. The summed E-state index contributed by atoms with van der Waals surface area (Å²) in [6.45, 7) is 4.94. The topological polar surface area (TPSA) is 108 Å². The fourth-order valence-corrected chi connectivity index (χ4v) is 5.30. The molecular formula is C29H35FN6O4S. The number of nitrogens with zero attached hydrogens (tertiary/aromatic N) is 4. The number of anilines is 2. The number of ether oxygens (including phenoxy) is 1. The van der Waals surface area contributed by atoms with Crippen LogP contribution < -0.4 is 15.4 Å². The normalized spacial score (nSPS) is 17.2. The number of pyridine rings is 1. The first-order valence-corrected chi connectivity index (χ1v) is 15.0. The Labute approximate surface area is 240 Å². The van der Waals surface area contributed by atoms with Gasteiger partial charge in [-0.1, -0.05) is 24.6 Å². The maximum Gasteiger partial charge on any atom is 0.236 e. The largest absolute Gasteiger partial charge is 0.495 e. The van der Waals surface area contributed by atoms with Gasteiger partial charge in [0, 0.05) is 24.4 Å². The molecule has 3 aromatic rings. The van der Waals surface area contributed by atoms with E-state index < -0.39 is 22.1 Å². The van der Waals surface area contributed by atoms with Gasteiger partial charge in [-0.15, -0.1) is 0 Å². The fourth-order valence-electron chi connectivity index (χ4n) is 4.66. The molecule has 3 heterocycles. The molecule has 0 radical (unpaired) electrons. The summed E-state index contributed by atoms with van der Waals surface area (Å²) in [5.74, 6) is 7.04. The summed E-state index contributed by atoms with van der Waals surface area (Å²) in [7, 11) is 1.74. The van der Waals surface area contributed by atoms with Crippen molar-refractivity contribution < 1.29 is 22.3 Å². The van der Waals surface area contributed by atoms with E-state index in [-0.39, 0.29) is 30.4 Å². The number of amides is 1. The molecule has 1 saturated heterocycles. The van der Waals surface area contributed by atoms with Crippen molar-refractivity contribution in [2.24, 2.45) is 0 Å². The molecule has 218 valence electrons. The summed E-state index contributed by atoms with van der Waals surface area (Å²) >= 11 is 0. The lowest BCUT2D eigenvalue weighted by Gasteiger charge is -2.36. The highest BCUT2D eigenvalue weighted by molar-refractivity contribution is 7.90. The van der Waals surface area contributed by atoms with E-state index in [4.69, 9.17) is 4.74 Å². The number of sulfone groups is 1. The van der Waals surface area contributed by atoms with Crippen LogP contribution in [0.15, 0.2) is 47.9 Å². The highest BCUT2D eigenvalue weighted by Gasteiger charge is 2.32. The zero-order chi connectivity index (χ0) is 29.7. The Bertz CT molecular complexity index is 1610. The van der Waals surface area contributed by atoms with Crippen LogP contribution >= 0.6 is 0 Å². The zero-order valence-corrected chi connectivity index (χ0v) is 24.5. The van der Waals surface area contributed by atoms with E-state index in [2.05, 4.69) is 34.2 Å². The lowest BCUT2D eigenvalue weighted by Crippen LogP contribution is -2.51. The van der Waals surface area contributed by atoms with Crippen LogP contribution in [-0.4, -0.2) is 99.6 Å². The number of methoxy groups -OCH3 is 1. The smallest absolute Gasteiger partial charge is 0.236 e. The lowest BCUT2D eigenvalue weighted by molar-refractivity contribution is -0.134. The van der Waals surface area contributed by atoms with Crippen LogP contribution in [-0.2, 0) is 14.6 Å². The molecule has 41 heavy (non-hydrogen) atoms. The average Bonchev–Trinajstić information content (AvgIpc) is 3.29. The van der Waals surface area contributed by atoms with E-state index in [1.807, 2.05) is 32.3 Å². The number of fused-ring (bicyclic) bond motifs is 1. The molecule has 4 rings (SSSR count). The molecule has 1 aromatic carbocycles. The molecule has 1 aliphatic rings. The van der Waals surface area contributed by atoms with Gasteiger partial charge in [-0.2, -0.15) is 5.10 Å². The summed E-state index contributed by atoms with van der Waals surface area (Å²) < 4.78 is 45.8. The third kappa shape index (κ3) is 6.99. The number of hydrogen-bond acceptors (Lipinski definition) is 8. The Hall–Kier alpha value is -4.08. The Morgan fingerprint density at radius 1 is 1.32 bits per heavy atom. The van der Waals surface area contributed by atoms with Crippen molar-refractivity contribution >= 4 is 38.8 Å². The van der Waals surface area contributed by atoms with Crippen molar-refractivity contribution in [3.05, 3.63) is 54.2 Å². The molecule has 12 heteroatoms. The number of nitrogens with one attached hydrogen (secondary N) is 2. The van der Waals surface area contributed by atoms with Crippen LogP contribution in [0.25, 0.3) is 11.6 Å². The number of hydrogen-bond donors (Lipinski definition) is 2. The Morgan fingerprint density at radius 2 is 2.10 bits per heavy atom. The van der Waals surface area contributed by atoms with E-state index in [0.717, 1.165) is 17.3 Å². The van der Waals surface area contributed by atoms with Crippen molar-refractivity contribution in [1.29, 1.82) is 0 Å². The highest BCUT2D eigenvalue weighted by atomic mass is 32.2. The molecule has 2 aromatic heterocycles. The fraction of sp³-hybridized carbons (Fsp3) is 0.379. The Morgan fingerprint density at radius 3 is 2.76 bits per heavy atom. The Kier molecular flexibility index (Phi) is 9.20. The minimum Gasteiger partial charge on any atom is -0.495 e. The van der Waals surface area contributed by atoms with Gasteiger partial charge in [-0.05, 0) is 50.7 Å². The maximum absolute atomic E-state index is 15.1. The van der Waals surface area contributed by atoms with Gasteiger partial charge in [0.05, 0.1) is 48.9 Å². The third-order valence-electron chi connectivity index (χ3n) is 6.75. The van der Waals surface area contributed by atoms with E-state index >= 15 is 4.39 Å². The molecule has 1 fully saturated rings. The summed E-state index contributed by atoms with van der Waals surface area (Å²) in [5, 5.41) is 11.1. The van der Waals surface area contributed by atoms with Gasteiger partial charge in [0.25, 0.3) is 0 Å². The van der Waals surface area contributed by atoms with Gasteiger partial charge in [0.2, 0.25) is 5.91 Å². The number of halogens is 1. The number of likely N-dealkylation sites (N-methyl/N-ethyl adjacent to an activating group) is 1. The molecule has 1 aliphatic heterocycles. The molecule has 0 spiro atoms. The monoisotopic (exact) mass is 582 g/mol. The number of aromatic nitrogens is 2. The summed E-state index contributed by atoms with van der Waals surface area (Å²) in [6.07, 6.45) is 2.07. The summed E-state index contributed by atoms with van der Waals surface area (Å²) in [5.41, 5.74) is 2.64. The zero-order valence-electron chi connectivity index (χ0n) is 23.6. The number of likely N-dealkylation sites (tertiary alicyclic amines) is 1. The first kappa shape index (κ1) is 29.9. The lowest BCUT2D eigenvalue weighted by atomic mass is 10.0. The van der Waals surface area contributed by atoms with Gasteiger partial charge in [0.15, 0.2) is 9.84 Å². The number of carbonyl (C=O) groups excluding carboxylic acids is 1. The molecule has 10 nitrogen and oxygen atoms in total. The number of piperidine rings is 1. The van der Waals surface area contributed by atoms with E-state index in [1.165, 1.54) is 19.2 Å². The van der Waals surface area contributed by atoms with Crippen molar-refractivity contribution in [2.45, 2.75) is 23.5 Å². The van der Waals surface area contributed by atoms with Gasteiger partial charge in [0.1, 0.15) is 23.4 Å². The van der Waals surface area contributed by atoms with E-state index in [0.29, 0.717) is 35.9 Å². The number of carbonyl (C=O) groups is 1. The first-order valence-electron chi connectivity index (χ1n) is 13.1. The van der Waals surface area contributed by atoms with Crippen LogP contribution in [0.1, 0.15) is 17.7 Å². The maximum atomic E-state index is 15.1. The average molecular weight is 583 g/mol. The molecule has 0 saturated carbocycles. The molecule has 2 atom stereocenters.